The summed E-state index contributed by atoms with van der Waals surface area (Å²) < 4.78 is 51.6. The molecule has 0 bridgehead atoms. The molecule has 9 heteroatoms. The zero-order valence-electron chi connectivity index (χ0n) is 7.75. The number of aromatic nitrogens is 1. The minimum Gasteiger partial charge on any atom is -0.481 e. The van der Waals surface area contributed by atoms with Gasteiger partial charge in [-0.3, -0.25) is 0 Å². The van der Waals surface area contributed by atoms with Crippen LogP contribution in [0.1, 0.15) is 12.0 Å². The highest BCUT2D eigenvalue weighted by Gasteiger charge is 2.26. The van der Waals surface area contributed by atoms with Gasteiger partial charge in [0.25, 0.3) is 15.5 Å². The summed E-state index contributed by atoms with van der Waals surface area (Å²) in [6.45, 7) is 0. The molecule has 0 spiro atoms. The van der Waals surface area contributed by atoms with Crippen molar-refractivity contribution in [3.63, 3.8) is 0 Å². The van der Waals surface area contributed by atoms with Gasteiger partial charge in [-0.2, -0.15) is 0 Å². The van der Waals surface area contributed by atoms with Crippen LogP contribution in [0.25, 0.3) is 0 Å². The van der Waals surface area contributed by atoms with E-state index in [0.717, 1.165) is 13.3 Å². The van der Waals surface area contributed by atoms with Gasteiger partial charge in [-0.15, -0.1) is 0 Å². The van der Waals surface area contributed by atoms with Gasteiger partial charge in [-0.25, -0.2) is 22.2 Å². The predicted molar refractivity (Wildman–Crippen MR) is 56.5 cm³/mol. The second-order valence-electron chi connectivity index (χ2n) is 2.60. The molecular weight excluding hydrogens is 332 g/mol. The fourth-order valence-corrected chi connectivity index (χ4v) is 3.21. The average molecular weight is 337 g/mol. The van der Waals surface area contributed by atoms with Crippen molar-refractivity contribution < 1.29 is 21.9 Å². The lowest BCUT2D eigenvalue weighted by Crippen LogP contribution is -2.02. The minimum atomic E-state index is -4.14. The van der Waals surface area contributed by atoms with Crippen LogP contribution in [0.3, 0.4) is 0 Å². The van der Waals surface area contributed by atoms with Gasteiger partial charge in [-0.1, -0.05) is 0 Å². The highest BCUT2D eigenvalue weighted by atomic mass is 79.9. The quantitative estimate of drug-likeness (QED) is 0.796. The SMILES string of the molecule is COc1ncc(S(=O)(=O)Cl)c(Br)c1C(F)F. The smallest absolute Gasteiger partial charge is 0.270 e. The highest BCUT2D eigenvalue weighted by molar-refractivity contribution is 9.10. The Labute approximate surface area is 103 Å². The molecule has 0 amide bonds. The number of hydrogen-bond acceptors (Lipinski definition) is 4. The summed E-state index contributed by atoms with van der Waals surface area (Å²) in [6.07, 6.45) is -2.09. The van der Waals surface area contributed by atoms with Crippen LogP contribution in [0.15, 0.2) is 15.6 Å². The highest BCUT2D eigenvalue weighted by Crippen LogP contribution is 2.38. The third-order valence-corrected chi connectivity index (χ3v) is 4.11. The molecule has 0 atom stereocenters. The maximum atomic E-state index is 12.7. The van der Waals surface area contributed by atoms with Gasteiger partial charge in [-0.05, 0) is 15.9 Å². The number of pyridine rings is 1. The van der Waals surface area contributed by atoms with Gasteiger partial charge in [0.05, 0.1) is 23.3 Å². The molecule has 0 aliphatic carbocycles. The normalized spacial score (nSPS) is 11.9. The first-order valence-corrected chi connectivity index (χ1v) is 6.84. The van der Waals surface area contributed by atoms with Crippen molar-refractivity contribution in [3.8, 4) is 5.88 Å². The Balaban J connectivity index is 3.57. The summed E-state index contributed by atoms with van der Waals surface area (Å²) in [5.74, 6) is -0.356. The lowest BCUT2D eigenvalue weighted by Gasteiger charge is -2.10. The molecule has 0 fully saturated rings. The molecule has 0 saturated heterocycles. The lowest BCUT2D eigenvalue weighted by molar-refractivity contribution is 0.144. The Kier molecular flexibility index (Phi) is 4.08. The van der Waals surface area contributed by atoms with Crippen molar-refractivity contribution in [1.29, 1.82) is 0 Å². The second-order valence-corrected chi connectivity index (χ2v) is 5.93. The van der Waals surface area contributed by atoms with E-state index < -0.39 is 25.9 Å². The molecule has 0 aliphatic rings. The van der Waals surface area contributed by atoms with Crippen molar-refractivity contribution in [2.75, 3.05) is 7.11 Å². The summed E-state index contributed by atoms with van der Waals surface area (Å²) in [6, 6.07) is 0. The maximum absolute atomic E-state index is 12.7. The number of methoxy groups -OCH3 is 1. The van der Waals surface area contributed by atoms with Crippen molar-refractivity contribution in [2.45, 2.75) is 11.3 Å². The molecule has 1 aromatic heterocycles. The summed E-state index contributed by atoms with van der Waals surface area (Å²) in [4.78, 5) is 2.93. The summed E-state index contributed by atoms with van der Waals surface area (Å²) in [7, 11) is 2.06. The van der Waals surface area contributed by atoms with E-state index in [-0.39, 0.29) is 10.4 Å². The molecule has 1 rings (SSSR count). The Morgan fingerprint density at radius 2 is 2.12 bits per heavy atom. The largest absolute Gasteiger partial charge is 0.481 e. The van der Waals surface area contributed by atoms with E-state index in [2.05, 4.69) is 25.7 Å². The number of alkyl halides is 2. The zero-order chi connectivity index (χ0) is 12.5. The van der Waals surface area contributed by atoms with Gasteiger partial charge in [0.2, 0.25) is 5.88 Å². The van der Waals surface area contributed by atoms with Crippen molar-refractivity contribution in [1.82, 2.24) is 4.98 Å². The van der Waals surface area contributed by atoms with Crippen molar-refractivity contribution in [3.05, 3.63) is 16.2 Å². The third kappa shape index (κ3) is 2.61. The van der Waals surface area contributed by atoms with Crippen LogP contribution in [0, 0.1) is 0 Å². The maximum Gasteiger partial charge on any atom is 0.270 e. The number of ether oxygens (including phenoxy) is 1. The molecular formula is C7H5BrClF2NO3S. The fraction of sp³-hybridized carbons (Fsp3) is 0.286. The van der Waals surface area contributed by atoms with Crippen molar-refractivity contribution >= 4 is 35.7 Å². The summed E-state index contributed by atoms with van der Waals surface area (Å²) >= 11 is 2.75. The van der Waals surface area contributed by atoms with E-state index in [1.165, 1.54) is 0 Å². The van der Waals surface area contributed by atoms with E-state index in [0.29, 0.717) is 0 Å². The van der Waals surface area contributed by atoms with Gasteiger partial charge in [0, 0.05) is 10.7 Å². The number of halogens is 4. The molecule has 0 aliphatic heterocycles. The van der Waals surface area contributed by atoms with Crippen LogP contribution >= 0.6 is 26.6 Å². The number of hydrogen-bond donors (Lipinski definition) is 0. The Hall–Kier alpha value is -0.470. The lowest BCUT2D eigenvalue weighted by atomic mass is 10.3. The van der Waals surface area contributed by atoms with E-state index >= 15 is 0 Å². The average Bonchev–Trinajstić information content (AvgIpc) is 2.14. The standard InChI is InChI=1S/C7H5BrClF2NO3S/c1-15-7-4(6(10)11)5(8)3(2-12-7)16(9,13)14/h2,6H,1H3. The first-order chi connectivity index (χ1) is 7.29. The predicted octanol–water partition coefficient (Wildman–Crippen LogP) is 2.72. The van der Waals surface area contributed by atoms with Crippen LogP contribution in [0.4, 0.5) is 8.78 Å². The first kappa shape index (κ1) is 13.6. The molecule has 0 aromatic carbocycles. The van der Waals surface area contributed by atoms with Gasteiger partial charge in [0.1, 0.15) is 4.90 Å². The van der Waals surface area contributed by atoms with Crippen LogP contribution < -0.4 is 4.74 Å². The molecule has 1 aromatic rings. The number of rotatable bonds is 3. The second kappa shape index (κ2) is 4.80. The fourth-order valence-electron chi connectivity index (χ4n) is 0.992. The Morgan fingerprint density at radius 3 is 2.50 bits per heavy atom. The van der Waals surface area contributed by atoms with Gasteiger partial charge < -0.3 is 4.74 Å². The molecule has 16 heavy (non-hydrogen) atoms. The van der Waals surface area contributed by atoms with Crippen LogP contribution in [0.2, 0.25) is 0 Å². The Morgan fingerprint density at radius 1 is 1.56 bits per heavy atom. The van der Waals surface area contributed by atoms with E-state index in [9.17, 15) is 17.2 Å². The van der Waals surface area contributed by atoms with Crippen molar-refractivity contribution in [2.24, 2.45) is 0 Å². The zero-order valence-corrected chi connectivity index (χ0v) is 10.9. The molecule has 90 valence electrons. The molecule has 0 radical (unpaired) electrons. The van der Waals surface area contributed by atoms with E-state index in [1.807, 2.05) is 0 Å². The third-order valence-electron chi connectivity index (χ3n) is 1.66. The van der Waals surface area contributed by atoms with E-state index in [1.54, 1.807) is 0 Å². The molecule has 4 nitrogen and oxygen atoms in total. The summed E-state index contributed by atoms with van der Waals surface area (Å²) in [5, 5.41) is 0. The molecule has 0 unspecified atom stereocenters. The first-order valence-electron chi connectivity index (χ1n) is 3.74. The summed E-state index contributed by atoms with van der Waals surface area (Å²) in [5.41, 5.74) is -0.649. The molecule has 1 heterocycles. The monoisotopic (exact) mass is 335 g/mol. The van der Waals surface area contributed by atoms with Crippen LogP contribution in [0.5, 0.6) is 5.88 Å². The molecule has 0 saturated carbocycles. The van der Waals surface area contributed by atoms with Crippen LogP contribution in [-0.4, -0.2) is 20.5 Å². The molecule has 0 N–H and O–H groups in total. The Bertz CT molecular complexity index is 509. The topological polar surface area (TPSA) is 56.3 Å². The minimum absolute atomic E-state index is 0.343. The van der Waals surface area contributed by atoms with Gasteiger partial charge >= 0.3 is 0 Å². The van der Waals surface area contributed by atoms with Gasteiger partial charge in [0.15, 0.2) is 0 Å². The van der Waals surface area contributed by atoms with E-state index in [4.69, 9.17) is 10.7 Å². The van der Waals surface area contributed by atoms with Crippen LogP contribution in [-0.2, 0) is 9.05 Å². The number of nitrogens with zero attached hydrogens (tertiary/aromatic N) is 1.